The van der Waals surface area contributed by atoms with Gasteiger partial charge < -0.3 is 9.88 Å². The quantitative estimate of drug-likeness (QED) is 0.428. The average Bonchev–Trinajstić information content (AvgIpc) is 2.84. The SMILES string of the molecule is CCc1cccc(CC)c1NC(=O)c1c(-c2cccnc2)n(-c2ccccc2)c(C)cc1=O. The Hall–Kier alpha value is -3.99. The van der Waals surface area contributed by atoms with Crippen LogP contribution in [0.4, 0.5) is 5.69 Å². The lowest BCUT2D eigenvalue weighted by Crippen LogP contribution is -2.27. The normalized spacial score (nSPS) is 10.8. The molecule has 0 atom stereocenters. The van der Waals surface area contributed by atoms with Gasteiger partial charge >= 0.3 is 0 Å². The van der Waals surface area contributed by atoms with Crippen molar-refractivity contribution in [2.45, 2.75) is 33.6 Å². The van der Waals surface area contributed by atoms with Crippen molar-refractivity contribution in [1.82, 2.24) is 9.55 Å². The van der Waals surface area contributed by atoms with E-state index in [1.807, 2.05) is 66.1 Å². The molecule has 0 unspecified atom stereocenters. The molecule has 0 fully saturated rings. The molecule has 0 aliphatic carbocycles. The van der Waals surface area contributed by atoms with Crippen LogP contribution in [-0.4, -0.2) is 15.5 Å². The number of hydrogen-bond acceptors (Lipinski definition) is 3. The van der Waals surface area contributed by atoms with Gasteiger partial charge in [0.05, 0.1) is 5.69 Å². The van der Waals surface area contributed by atoms with Crippen LogP contribution < -0.4 is 10.7 Å². The molecule has 166 valence electrons. The van der Waals surface area contributed by atoms with Crippen molar-refractivity contribution < 1.29 is 4.79 Å². The summed E-state index contributed by atoms with van der Waals surface area (Å²) in [6.45, 7) is 5.98. The Bertz CT molecular complexity index is 1320. The number of rotatable bonds is 6. The summed E-state index contributed by atoms with van der Waals surface area (Å²) in [6.07, 6.45) is 4.92. The summed E-state index contributed by atoms with van der Waals surface area (Å²) >= 11 is 0. The van der Waals surface area contributed by atoms with Crippen molar-refractivity contribution in [3.8, 4) is 16.9 Å². The number of aryl methyl sites for hydroxylation is 3. The first kappa shape index (κ1) is 22.2. The zero-order chi connectivity index (χ0) is 23.4. The Labute approximate surface area is 193 Å². The van der Waals surface area contributed by atoms with Gasteiger partial charge in [0, 0.05) is 41.1 Å². The second-order valence-electron chi connectivity index (χ2n) is 7.90. The molecule has 0 bridgehead atoms. The van der Waals surface area contributed by atoms with E-state index in [-0.39, 0.29) is 11.0 Å². The zero-order valence-electron chi connectivity index (χ0n) is 19.1. The maximum atomic E-state index is 13.7. The van der Waals surface area contributed by atoms with E-state index in [2.05, 4.69) is 24.1 Å². The van der Waals surface area contributed by atoms with Crippen molar-refractivity contribution in [3.63, 3.8) is 0 Å². The number of anilines is 1. The first-order valence-electron chi connectivity index (χ1n) is 11.2. The number of aromatic nitrogens is 2. The molecule has 0 aliphatic rings. The predicted octanol–water partition coefficient (Wildman–Crippen LogP) is 5.59. The van der Waals surface area contributed by atoms with Crippen molar-refractivity contribution in [2.75, 3.05) is 5.32 Å². The summed E-state index contributed by atoms with van der Waals surface area (Å²) in [5.41, 5.74) is 5.50. The lowest BCUT2D eigenvalue weighted by Gasteiger charge is -2.21. The molecule has 0 saturated heterocycles. The Kier molecular flexibility index (Phi) is 6.50. The molecule has 4 aromatic rings. The molecule has 1 amide bonds. The molecule has 4 rings (SSSR count). The molecule has 0 saturated carbocycles. The van der Waals surface area contributed by atoms with Crippen molar-refractivity contribution in [3.05, 3.63) is 112 Å². The molecule has 0 spiro atoms. The van der Waals surface area contributed by atoms with Gasteiger partial charge in [0.2, 0.25) is 0 Å². The minimum Gasteiger partial charge on any atom is -0.321 e. The van der Waals surface area contributed by atoms with Crippen LogP contribution in [0.15, 0.2) is 83.9 Å². The van der Waals surface area contributed by atoms with Gasteiger partial charge in [-0.25, -0.2) is 0 Å². The number of nitrogens with zero attached hydrogens (tertiary/aromatic N) is 2. The topological polar surface area (TPSA) is 64.0 Å². The number of hydrogen-bond donors (Lipinski definition) is 1. The largest absolute Gasteiger partial charge is 0.321 e. The summed E-state index contributed by atoms with van der Waals surface area (Å²) in [7, 11) is 0. The minimum atomic E-state index is -0.417. The van der Waals surface area contributed by atoms with E-state index >= 15 is 0 Å². The highest BCUT2D eigenvalue weighted by atomic mass is 16.2. The molecule has 0 radical (unpaired) electrons. The number of nitrogens with one attached hydrogen (secondary N) is 1. The van der Waals surface area contributed by atoms with Crippen LogP contribution in [0.3, 0.4) is 0 Å². The van der Waals surface area contributed by atoms with Crippen LogP contribution in [0.5, 0.6) is 0 Å². The third-order valence-corrected chi connectivity index (χ3v) is 5.81. The molecule has 0 aliphatic heterocycles. The van der Waals surface area contributed by atoms with Gasteiger partial charge in [0.15, 0.2) is 5.43 Å². The van der Waals surface area contributed by atoms with E-state index < -0.39 is 5.91 Å². The van der Waals surface area contributed by atoms with Crippen LogP contribution in [0.25, 0.3) is 16.9 Å². The van der Waals surface area contributed by atoms with Crippen molar-refractivity contribution in [1.29, 1.82) is 0 Å². The van der Waals surface area contributed by atoms with Gasteiger partial charge in [0.1, 0.15) is 5.56 Å². The maximum absolute atomic E-state index is 13.7. The first-order chi connectivity index (χ1) is 16.0. The fraction of sp³-hybridized carbons (Fsp3) is 0.179. The molecule has 1 N–H and O–H groups in total. The van der Waals surface area contributed by atoms with Gasteiger partial charge in [0.25, 0.3) is 5.91 Å². The molecule has 5 nitrogen and oxygen atoms in total. The van der Waals surface area contributed by atoms with E-state index in [4.69, 9.17) is 0 Å². The summed E-state index contributed by atoms with van der Waals surface area (Å²) in [5.74, 6) is -0.417. The van der Waals surface area contributed by atoms with E-state index in [0.717, 1.165) is 41.0 Å². The standard InChI is InChI=1S/C28H27N3O2/c1-4-20-11-9-12-21(5-2)26(20)30-28(33)25-24(32)17-19(3)31(23-14-7-6-8-15-23)27(25)22-13-10-16-29-18-22/h6-18H,4-5H2,1-3H3,(H,30,33). The molecular formula is C28H27N3O2. The highest BCUT2D eigenvalue weighted by Gasteiger charge is 2.24. The molecular weight excluding hydrogens is 410 g/mol. The van der Waals surface area contributed by atoms with Crippen molar-refractivity contribution in [2.24, 2.45) is 0 Å². The fourth-order valence-corrected chi connectivity index (χ4v) is 4.22. The molecule has 2 aromatic carbocycles. The molecule has 2 aromatic heterocycles. The number of carbonyl (C=O) groups excluding carboxylic acids is 1. The number of pyridine rings is 2. The Morgan fingerprint density at radius 1 is 0.939 bits per heavy atom. The summed E-state index contributed by atoms with van der Waals surface area (Å²) < 4.78 is 1.94. The van der Waals surface area contributed by atoms with Crippen LogP contribution >= 0.6 is 0 Å². The Morgan fingerprint density at radius 2 is 1.64 bits per heavy atom. The molecule has 2 heterocycles. The second kappa shape index (κ2) is 9.65. The van der Waals surface area contributed by atoms with Crippen LogP contribution in [-0.2, 0) is 12.8 Å². The van der Waals surface area contributed by atoms with Gasteiger partial charge in [-0.3, -0.25) is 14.6 Å². The molecule has 5 heteroatoms. The van der Waals surface area contributed by atoms with E-state index in [1.165, 1.54) is 6.07 Å². The van der Waals surface area contributed by atoms with Crippen LogP contribution in [0.2, 0.25) is 0 Å². The summed E-state index contributed by atoms with van der Waals surface area (Å²) in [5, 5.41) is 3.07. The summed E-state index contributed by atoms with van der Waals surface area (Å²) in [6, 6.07) is 20.9. The van der Waals surface area contributed by atoms with Crippen LogP contribution in [0, 0.1) is 6.92 Å². The highest BCUT2D eigenvalue weighted by molar-refractivity contribution is 6.09. The lowest BCUT2D eigenvalue weighted by atomic mass is 10.0. The zero-order valence-corrected chi connectivity index (χ0v) is 19.1. The third-order valence-electron chi connectivity index (χ3n) is 5.81. The van der Waals surface area contributed by atoms with Gasteiger partial charge in [-0.15, -0.1) is 0 Å². The number of carbonyl (C=O) groups is 1. The third kappa shape index (κ3) is 4.35. The van der Waals surface area contributed by atoms with Gasteiger partial charge in [-0.2, -0.15) is 0 Å². The molecule has 33 heavy (non-hydrogen) atoms. The lowest BCUT2D eigenvalue weighted by molar-refractivity contribution is 0.102. The Balaban J connectivity index is 1.96. The number of benzene rings is 2. The predicted molar refractivity (Wildman–Crippen MR) is 133 cm³/mol. The van der Waals surface area contributed by atoms with Gasteiger partial charge in [-0.05, 0) is 55.2 Å². The first-order valence-corrected chi connectivity index (χ1v) is 11.2. The monoisotopic (exact) mass is 437 g/mol. The van der Waals surface area contributed by atoms with Gasteiger partial charge in [-0.1, -0.05) is 50.2 Å². The second-order valence-corrected chi connectivity index (χ2v) is 7.90. The Morgan fingerprint density at radius 3 is 2.24 bits per heavy atom. The number of amides is 1. The maximum Gasteiger partial charge on any atom is 0.261 e. The van der Waals surface area contributed by atoms with Crippen LogP contribution in [0.1, 0.15) is 41.0 Å². The fourth-order valence-electron chi connectivity index (χ4n) is 4.22. The van der Waals surface area contributed by atoms with E-state index in [0.29, 0.717) is 11.3 Å². The minimum absolute atomic E-state index is 0.102. The smallest absolute Gasteiger partial charge is 0.261 e. The van der Waals surface area contributed by atoms with E-state index in [1.54, 1.807) is 18.5 Å². The van der Waals surface area contributed by atoms with Crippen molar-refractivity contribution >= 4 is 11.6 Å². The highest BCUT2D eigenvalue weighted by Crippen LogP contribution is 2.28. The number of para-hydroxylation sites is 2. The summed E-state index contributed by atoms with van der Waals surface area (Å²) in [4.78, 5) is 31.2. The average molecular weight is 438 g/mol. The van der Waals surface area contributed by atoms with E-state index in [9.17, 15) is 9.59 Å².